The third kappa shape index (κ3) is 4.15. The van der Waals surface area contributed by atoms with Crippen molar-refractivity contribution in [2.24, 2.45) is 0 Å². The van der Waals surface area contributed by atoms with Gasteiger partial charge in [0, 0.05) is 10.2 Å². The van der Waals surface area contributed by atoms with Crippen LogP contribution in [0, 0.1) is 0 Å². The summed E-state index contributed by atoms with van der Waals surface area (Å²) >= 11 is 8.01. The molecule has 0 saturated heterocycles. The Hall–Kier alpha value is -1.18. The second-order valence-electron chi connectivity index (χ2n) is 3.99. The van der Waals surface area contributed by atoms with E-state index in [4.69, 9.17) is 4.74 Å². The van der Waals surface area contributed by atoms with Crippen molar-refractivity contribution in [3.63, 3.8) is 0 Å². The molecule has 2 rings (SSSR count). The Labute approximate surface area is 142 Å². The van der Waals surface area contributed by atoms with Crippen LogP contribution >= 0.6 is 43.2 Å². The minimum Gasteiger partial charge on any atom is -0.462 e. The molecule has 0 radical (unpaired) electrons. The first-order chi connectivity index (χ1) is 10.0. The Morgan fingerprint density at radius 3 is 2.67 bits per heavy atom. The highest BCUT2D eigenvalue weighted by molar-refractivity contribution is 9.13. The molecule has 0 aliphatic rings. The third-order valence-corrected chi connectivity index (χ3v) is 5.76. The number of halogens is 2. The van der Waals surface area contributed by atoms with Crippen molar-refractivity contribution in [3.05, 3.63) is 49.0 Å². The summed E-state index contributed by atoms with van der Waals surface area (Å²) in [5.41, 5.74) is 0.953. The Morgan fingerprint density at radius 1 is 1.29 bits per heavy atom. The van der Waals surface area contributed by atoms with E-state index in [1.54, 1.807) is 37.3 Å². The summed E-state index contributed by atoms with van der Waals surface area (Å²) in [6.45, 7) is 2.06. The molecular weight excluding hydrogens is 422 g/mol. The van der Waals surface area contributed by atoms with Gasteiger partial charge in [-0.05, 0) is 63.0 Å². The first-order valence-electron chi connectivity index (χ1n) is 6.04. The van der Waals surface area contributed by atoms with Gasteiger partial charge in [-0.1, -0.05) is 6.07 Å². The summed E-state index contributed by atoms with van der Waals surface area (Å²) in [5.74, 6) is -0.636. The molecule has 110 valence electrons. The molecule has 1 heterocycles. The van der Waals surface area contributed by atoms with Gasteiger partial charge in [-0.15, -0.1) is 11.3 Å². The van der Waals surface area contributed by atoms with E-state index in [9.17, 15) is 9.59 Å². The van der Waals surface area contributed by atoms with Crippen LogP contribution in [0.4, 0.5) is 5.69 Å². The lowest BCUT2D eigenvalue weighted by molar-refractivity contribution is 0.0526. The molecule has 0 unspecified atom stereocenters. The molecule has 7 heteroatoms. The molecule has 1 aromatic carbocycles. The van der Waals surface area contributed by atoms with E-state index in [0.717, 1.165) is 8.26 Å². The van der Waals surface area contributed by atoms with Gasteiger partial charge in [0.25, 0.3) is 5.91 Å². The minimum atomic E-state index is -0.407. The average molecular weight is 433 g/mol. The van der Waals surface area contributed by atoms with Gasteiger partial charge in [0.2, 0.25) is 0 Å². The van der Waals surface area contributed by atoms with Gasteiger partial charge < -0.3 is 10.1 Å². The number of rotatable bonds is 4. The lowest BCUT2D eigenvalue weighted by Crippen LogP contribution is -2.11. The molecule has 21 heavy (non-hydrogen) atoms. The molecule has 0 fully saturated rings. The number of thiophene rings is 1. The van der Waals surface area contributed by atoms with E-state index in [1.807, 2.05) is 0 Å². The number of hydrogen-bond acceptors (Lipinski definition) is 4. The van der Waals surface area contributed by atoms with Gasteiger partial charge in [-0.2, -0.15) is 0 Å². The third-order valence-electron chi connectivity index (χ3n) is 2.50. The highest BCUT2D eigenvalue weighted by Crippen LogP contribution is 2.32. The van der Waals surface area contributed by atoms with Crippen LogP contribution in [0.5, 0.6) is 0 Å². The highest BCUT2D eigenvalue weighted by atomic mass is 79.9. The van der Waals surface area contributed by atoms with Gasteiger partial charge in [-0.25, -0.2) is 4.79 Å². The topological polar surface area (TPSA) is 55.4 Å². The van der Waals surface area contributed by atoms with Crippen molar-refractivity contribution in [1.29, 1.82) is 0 Å². The lowest BCUT2D eigenvalue weighted by Gasteiger charge is -2.06. The largest absolute Gasteiger partial charge is 0.462 e. The zero-order chi connectivity index (χ0) is 15.4. The molecule has 0 atom stereocenters. The van der Waals surface area contributed by atoms with Crippen molar-refractivity contribution in [2.45, 2.75) is 6.92 Å². The van der Waals surface area contributed by atoms with Gasteiger partial charge in [0.05, 0.1) is 20.8 Å². The fraction of sp³-hybridized carbons (Fsp3) is 0.143. The first-order valence-corrected chi connectivity index (χ1v) is 8.45. The number of carbonyl (C=O) groups excluding carboxylic acids is 2. The quantitative estimate of drug-likeness (QED) is 0.712. The number of benzene rings is 1. The monoisotopic (exact) mass is 431 g/mol. The van der Waals surface area contributed by atoms with Crippen LogP contribution < -0.4 is 5.32 Å². The Morgan fingerprint density at radius 2 is 2.05 bits per heavy atom. The summed E-state index contributed by atoms with van der Waals surface area (Å²) in [4.78, 5) is 24.3. The minimum absolute atomic E-state index is 0.229. The molecule has 0 spiro atoms. The zero-order valence-corrected chi connectivity index (χ0v) is 15.0. The summed E-state index contributed by atoms with van der Waals surface area (Å²) in [5, 5.41) is 2.76. The molecule has 1 aromatic heterocycles. The molecule has 4 nitrogen and oxygen atoms in total. The van der Waals surface area contributed by atoms with E-state index in [2.05, 4.69) is 37.2 Å². The maximum Gasteiger partial charge on any atom is 0.338 e. The molecular formula is C14H11Br2NO3S. The Bertz CT molecular complexity index is 665. The van der Waals surface area contributed by atoms with Crippen molar-refractivity contribution in [1.82, 2.24) is 0 Å². The van der Waals surface area contributed by atoms with Crippen LogP contribution in [0.2, 0.25) is 0 Å². The number of ether oxygens (including phenoxy) is 1. The summed E-state index contributed by atoms with van der Waals surface area (Å²) in [6, 6.07) is 8.39. The fourth-order valence-corrected chi connectivity index (χ4v) is 3.52. The van der Waals surface area contributed by atoms with Crippen molar-refractivity contribution in [2.75, 3.05) is 11.9 Å². The van der Waals surface area contributed by atoms with Crippen molar-refractivity contribution < 1.29 is 14.3 Å². The van der Waals surface area contributed by atoms with Crippen LogP contribution in [0.25, 0.3) is 0 Å². The smallest absolute Gasteiger partial charge is 0.338 e. The summed E-state index contributed by atoms with van der Waals surface area (Å²) < 4.78 is 6.62. The highest BCUT2D eigenvalue weighted by Gasteiger charge is 2.13. The molecule has 0 saturated carbocycles. The molecule has 0 aliphatic heterocycles. The van der Waals surface area contributed by atoms with E-state index in [-0.39, 0.29) is 5.91 Å². The number of amides is 1. The van der Waals surface area contributed by atoms with Gasteiger partial charge in [0.15, 0.2) is 0 Å². The molecule has 1 amide bonds. The Balaban J connectivity index is 2.14. The second kappa shape index (κ2) is 7.20. The summed E-state index contributed by atoms with van der Waals surface area (Å²) in [7, 11) is 0. The maximum absolute atomic E-state index is 12.1. The lowest BCUT2D eigenvalue weighted by atomic mass is 10.2. The Kier molecular flexibility index (Phi) is 5.55. The van der Waals surface area contributed by atoms with Crippen molar-refractivity contribution >= 4 is 60.8 Å². The van der Waals surface area contributed by atoms with E-state index < -0.39 is 5.97 Å². The summed E-state index contributed by atoms with van der Waals surface area (Å²) in [6.07, 6.45) is 0. The molecule has 0 bridgehead atoms. The number of hydrogen-bond donors (Lipinski definition) is 1. The average Bonchev–Trinajstić information content (AvgIpc) is 2.79. The number of nitrogens with one attached hydrogen (secondary N) is 1. The van der Waals surface area contributed by atoms with Crippen LogP contribution in [0.1, 0.15) is 27.0 Å². The van der Waals surface area contributed by atoms with Crippen molar-refractivity contribution in [3.8, 4) is 0 Å². The maximum atomic E-state index is 12.1. The predicted molar refractivity (Wildman–Crippen MR) is 90.1 cm³/mol. The first kappa shape index (κ1) is 16.2. The normalized spacial score (nSPS) is 10.2. The van der Waals surface area contributed by atoms with Gasteiger partial charge in [0.1, 0.15) is 0 Å². The van der Waals surface area contributed by atoms with E-state index in [1.165, 1.54) is 11.3 Å². The number of esters is 1. The SMILES string of the molecule is CCOC(=O)c1cccc(NC(=O)c2cc(Br)c(Br)s2)c1. The predicted octanol–water partition coefficient (Wildman–Crippen LogP) is 4.70. The second-order valence-corrected chi connectivity index (χ2v) is 7.21. The fourth-order valence-electron chi connectivity index (χ4n) is 1.59. The molecule has 1 N–H and O–H groups in total. The van der Waals surface area contributed by atoms with E-state index >= 15 is 0 Å². The van der Waals surface area contributed by atoms with Gasteiger partial charge in [-0.3, -0.25) is 4.79 Å². The number of carbonyl (C=O) groups is 2. The van der Waals surface area contributed by atoms with Crippen LogP contribution in [0.3, 0.4) is 0 Å². The number of anilines is 1. The van der Waals surface area contributed by atoms with E-state index in [0.29, 0.717) is 22.7 Å². The van der Waals surface area contributed by atoms with Crippen LogP contribution in [-0.4, -0.2) is 18.5 Å². The standard InChI is InChI=1S/C14H11Br2NO3S/c1-2-20-14(19)8-4-3-5-9(6-8)17-13(18)11-7-10(15)12(16)21-11/h3-7H,2H2,1H3,(H,17,18). The van der Waals surface area contributed by atoms with Crippen LogP contribution in [-0.2, 0) is 4.74 Å². The molecule has 0 aliphatic carbocycles. The van der Waals surface area contributed by atoms with Crippen LogP contribution in [0.15, 0.2) is 38.6 Å². The molecule has 2 aromatic rings. The van der Waals surface area contributed by atoms with Gasteiger partial charge >= 0.3 is 5.97 Å². The zero-order valence-electron chi connectivity index (χ0n) is 11.0.